The summed E-state index contributed by atoms with van der Waals surface area (Å²) in [5.74, 6) is -4.67. The average Bonchev–Trinajstić information content (AvgIpc) is 2.27. The fourth-order valence-corrected chi connectivity index (χ4v) is 2.05. The van der Waals surface area contributed by atoms with Crippen LogP contribution in [0.5, 0.6) is 0 Å². The van der Waals surface area contributed by atoms with Crippen molar-refractivity contribution in [3.63, 3.8) is 0 Å². The zero-order valence-corrected chi connectivity index (χ0v) is 9.51. The molecular weight excluding hydrogens is 273 g/mol. The van der Waals surface area contributed by atoms with Gasteiger partial charge in [0, 0.05) is 23.8 Å². The Bertz CT molecular complexity index is 376. The van der Waals surface area contributed by atoms with Crippen LogP contribution in [0.3, 0.4) is 0 Å². The zero-order chi connectivity index (χ0) is 14.8. The molecule has 1 amide bonds. The molecule has 3 atom stereocenters. The highest BCUT2D eigenvalue weighted by molar-refractivity contribution is 5.82. The van der Waals surface area contributed by atoms with Gasteiger partial charge in [-0.25, -0.2) is 0 Å². The molecule has 0 saturated heterocycles. The molecule has 10 heteroatoms. The molecule has 0 aromatic rings. The van der Waals surface area contributed by atoms with Gasteiger partial charge in [-0.3, -0.25) is 19.7 Å². The highest BCUT2D eigenvalue weighted by atomic mass is 19.4. The Labute approximate surface area is 104 Å². The van der Waals surface area contributed by atoms with Gasteiger partial charge in [-0.1, -0.05) is 0 Å². The molecule has 1 aliphatic rings. The molecule has 19 heavy (non-hydrogen) atoms. The first-order valence-electron chi connectivity index (χ1n) is 5.35. The number of carboxylic acid groups (broad SMARTS) is 1. The van der Waals surface area contributed by atoms with Gasteiger partial charge in [0.1, 0.15) is 0 Å². The molecule has 1 fully saturated rings. The second-order valence-corrected chi connectivity index (χ2v) is 4.35. The molecule has 0 heterocycles. The number of aliphatic carboxylic acids is 1. The third-order valence-corrected chi connectivity index (χ3v) is 2.92. The van der Waals surface area contributed by atoms with E-state index in [4.69, 9.17) is 5.11 Å². The highest BCUT2D eigenvalue weighted by Gasteiger charge is 2.44. The van der Waals surface area contributed by atoms with E-state index in [1.165, 1.54) is 0 Å². The number of rotatable bonds is 3. The number of carboxylic acids is 1. The SMILES string of the molecule is O=C(O)C1CC(NC(=O)C(F)(F)F)CC([N+](=O)[O-])C1. The van der Waals surface area contributed by atoms with Gasteiger partial charge in [0.25, 0.3) is 0 Å². The maximum absolute atomic E-state index is 12.1. The molecule has 0 bridgehead atoms. The van der Waals surface area contributed by atoms with Gasteiger partial charge in [-0.15, -0.1) is 0 Å². The Hall–Kier alpha value is -1.87. The first-order valence-corrected chi connectivity index (χ1v) is 5.35. The van der Waals surface area contributed by atoms with Crippen LogP contribution >= 0.6 is 0 Å². The van der Waals surface area contributed by atoms with E-state index in [1.807, 2.05) is 0 Å². The Morgan fingerprint density at radius 1 is 1.26 bits per heavy atom. The number of nitrogens with one attached hydrogen (secondary N) is 1. The lowest BCUT2D eigenvalue weighted by Crippen LogP contribution is -2.49. The number of nitro groups is 1. The van der Waals surface area contributed by atoms with Gasteiger partial charge in [-0.05, 0) is 6.42 Å². The van der Waals surface area contributed by atoms with Crippen LogP contribution < -0.4 is 5.32 Å². The smallest absolute Gasteiger partial charge is 0.471 e. The topological polar surface area (TPSA) is 110 Å². The van der Waals surface area contributed by atoms with E-state index in [2.05, 4.69) is 0 Å². The van der Waals surface area contributed by atoms with E-state index in [0.29, 0.717) is 0 Å². The fraction of sp³-hybridized carbons (Fsp3) is 0.778. The summed E-state index contributed by atoms with van der Waals surface area (Å²) in [4.78, 5) is 31.4. The summed E-state index contributed by atoms with van der Waals surface area (Å²) < 4.78 is 36.2. The first kappa shape index (κ1) is 15.2. The van der Waals surface area contributed by atoms with Crippen molar-refractivity contribution in [2.75, 3.05) is 0 Å². The van der Waals surface area contributed by atoms with Crippen molar-refractivity contribution in [1.29, 1.82) is 0 Å². The molecule has 2 N–H and O–H groups in total. The van der Waals surface area contributed by atoms with Gasteiger partial charge in [0.05, 0.1) is 5.92 Å². The predicted octanol–water partition coefficient (Wildman–Crippen LogP) is 0.564. The van der Waals surface area contributed by atoms with Crippen molar-refractivity contribution in [1.82, 2.24) is 5.32 Å². The van der Waals surface area contributed by atoms with Crippen LogP contribution in [-0.4, -0.2) is 40.2 Å². The molecule has 1 aliphatic carbocycles. The van der Waals surface area contributed by atoms with E-state index < -0.39 is 41.0 Å². The minimum atomic E-state index is -5.10. The number of halogens is 3. The summed E-state index contributed by atoms with van der Waals surface area (Å²) in [6, 6.07) is -2.44. The van der Waals surface area contributed by atoms with Crippen molar-refractivity contribution < 1.29 is 32.8 Å². The lowest BCUT2D eigenvalue weighted by atomic mass is 9.82. The number of hydrogen-bond donors (Lipinski definition) is 2. The quantitative estimate of drug-likeness (QED) is 0.581. The van der Waals surface area contributed by atoms with E-state index in [9.17, 15) is 32.9 Å². The predicted molar refractivity (Wildman–Crippen MR) is 53.7 cm³/mol. The molecule has 3 unspecified atom stereocenters. The van der Waals surface area contributed by atoms with Crippen molar-refractivity contribution in [3.05, 3.63) is 10.1 Å². The van der Waals surface area contributed by atoms with Crippen LogP contribution in [0.25, 0.3) is 0 Å². The summed E-state index contributed by atoms with van der Waals surface area (Å²) in [5.41, 5.74) is 0. The molecule has 0 aliphatic heterocycles. The summed E-state index contributed by atoms with van der Waals surface area (Å²) >= 11 is 0. The maximum Gasteiger partial charge on any atom is 0.471 e. The molecule has 108 valence electrons. The second-order valence-electron chi connectivity index (χ2n) is 4.35. The summed E-state index contributed by atoms with van der Waals surface area (Å²) in [5, 5.41) is 21.0. The van der Waals surface area contributed by atoms with E-state index in [0.717, 1.165) is 0 Å². The lowest BCUT2D eigenvalue weighted by molar-refractivity contribution is -0.528. The van der Waals surface area contributed by atoms with Crippen molar-refractivity contribution in [3.8, 4) is 0 Å². The van der Waals surface area contributed by atoms with Crippen LogP contribution in [-0.2, 0) is 9.59 Å². The molecule has 0 aromatic carbocycles. The number of carbonyl (C=O) groups is 2. The Morgan fingerprint density at radius 3 is 2.26 bits per heavy atom. The van der Waals surface area contributed by atoms with Gasteiger partial charge in [-0.2, -0.15) is 13.2 Å². The number of hydrogen-bond acceptors (Lipinski definition) is 4. The van der Waals surface area contributed by atoms with Crippen LogP contribution in [0.15, 0.2) is 0 Å². The van der Waals surface area contributed by atoms with Crippen LogP contribution in [0.1, 0.15) is 19.3 Å². The Balaban J connectivity index is 2.74. The molecule has 0 spiro atoms. The van der Waals surface area contributed by atoms with Gasteiger partial charge < -0.3 is 10.4 Å². The third kappa shape index (κ3) is 4.07. The number of amides is 1. The highest BCUT2D eigenvalue weighted by Crippen LogP contribution is 2.27. The van der Waals surface area contributed by atoms with Gasteiger partial charge >= 0.3 is 18.1 Å². The van der Waals surface area contributed by atoms with E-state index >= 15 is 0 Å². The van der Waals surface area contributed by atoms with E-state index in [-0.39, 0.29) is 19.3 Å². The minimum Gasteiger partial charge on any atom is -0.481 e. The fourth-order valence-electron chi connectivity index (χ4n) is 2.05. The molecular formula is C9H11F3N2O5. The van der Waals surface area contributed by atoms with Crippen LogP contribution in [0.2, 0.25) is 0 Å². The zero-order valence-electron chi connectivity index (χ0n) is 9.51. The standard InChI is InChI=1S/C9H11F3N2O5/c10-9(11,12)8(17)13-5-1-4(7(15)16)2-6(3-5)14(18)19/h4-6H,1-3H2,(H,13,17)(H,15,16). The Kier molecular flexibility index (Phi) is 4.32. The number of carbonyl (C=O) groups excluding carboxylic acids is 1. The first-order chi connectivity index (χ1) is 8.61. The maximum atomic E-state index is 12.1. The minimum absolute atomic E-state index is 0.249. The third-order valence-electron chi connectivity index (χ3n) is 2.92. The van der Waals surface area contributed by atoms with Crippen molar-refractivity contribution in [2.24, 2.45) is 5.92 Å². The van der Waals surface area contributed by atoms with Gasteiger partial charge in [0.2, 0.25) is 6.04 Å². The second kappa shape index (κ2) is 5.41. The van der Waals surface area contributed by atoms with Crippen molar-refractivity contribution >= 4 is 11.9 Å². The van der Waals surface area contributed by atoms with Crippen LogP contribution in [0, 0.1) is 16.0 Å². The molecule has 1 saturated carbocycles. The van der Waals surface area contributed by atoms with Crippen molar-refractivity contribution in [2.45, 2.75) is 37.5 Å². The summed E-state index contributed by atoms with van der Waals surface area (Å²) in [6.07, 6.45) is -5.90. The van der Waals surface area contributed by atoms with Gasteiger partial charge in [0.15, 0.2) is 0 Å². The largest absolute Gasteiger partial charge is 0.481 e. The number of nitrogens with zero attached hydrogens (tertiary/aromatic N) is 1. The summed E-state index contributed by atoms with van der Waals surface area (Å²) in [7, 11) is 0. The average molecular weight is 284 g/mol. The van der Waals surface area contributed by atoms with Crippen LogP contribution in [0.4, 0.5) is 13.2 Å². The van der Waals surface area contributed by atoms with E-state index in [1.54, 1.807) is 5.32 Å². The molecule has 1 rings (SSSR count). The monoisotopic (exact) mass is 284 g/mol. The Morgan fingerprint density at radius 2 is 1.84 bits per heavy atom. The lowest BCUT2D eigenvalue weighted by Gasteiger charge is -2.29. The molecule has 0 aromatic heterocycles. The number of alkyl halides is 3. The normalized spacial score (nSPS) is 27.6. The molecule has 7 nitrogen and oxygen atoms in total. The summed E-state index contributed by atoms with van der Waals surface area (Å²) in [6.45, 7) is 0. The molecule has 0 radical (unpaired) electrons.